The van der Waals surface area contributed by atoms with Gasteiger partial charge in [-0.05, 0) is 49.8 Å². The quantitative estimate of drug-likeness (QED) is 0.106. The molecule has 1 saturated heterocycles. The maximum atomic E-state index is 13.5. The summed E-state index contributed by atoms with van der Waals surface area (Å²) in [6, 6.07) is -0.304. The molecule has 0 aromatic heterocycles. The van der Waals surface area contributed by atoms with E-state index in [1.807, 2.05) is 0 Å². The zero-order valence-corrected chi connectivity index (χ0v) is 25.2. The van der Waals surface area contributed by atoms with Crippen molar-refractivity contribution in [3.05, 3.63) is 29.8 Å². The molecule has 0 saturated carbocycles. The minimum atomic E-state index is -1.40. The van der Waals surface area contributed by atoms with Crippen LogP contribution in [-0.4, -0.2) is 98.6 Å². The van der Waals surface area contributed by atoms with E-state index in [-0.39, 0.29) is 31.6 Å². The highest BCUT2D eigenvalue weighted by Gasteiger charge is 2.39. The van der Waals surface area contributed by atoms with Crippen LogP contribution < -0.4 is 27.4 Å². The number of benzene rings is 1. The van der Waals surface area contributed by atoms with Crippen molar-refractivity contribution in [2.75, 3.05) is 6.54 Å². The fourth-order valence-corrected chi connectivity index (χ4v) is 4.81. The van der Waals surface area contributed by atoms with E-state index >= 15 is 0 Å². The first-order chi connectivity index (χ1) is 20.7. The van der Waals surface area contributed by atoms with Gasteiger partial charge < -0.3 is 47.6 Å². The Bertz CT molecular complexity index is 1190. The van der Waals surface area contributed by atoms with Gasteiger partial charge in [0.1, 0.15) is 36.0 Å². The van der Waals surface area contributed by atoms with Crippen LogP contribution >= 0.6 is 0 Å². The molecule has 1 fully saturated rings. The number of primary amides is 1. The second kappa shape index (κ2) is 16.6. The molecule has 0 bridgehead atoms. The summed E-state index contributed by atoms with van der Waals surface area (Å²) < 4.78 is 0. The van der Waals surface area contributed by atoms with E-state index in [0.717, 1.165) is 0 Å². The Kier molecular flexibility index (Phi) is 13.5. The van der Waals surface area contributed by atoms with Crippen molar-refractivity contribution in [1.29, 1.82) is 0 Å². The molecule has 244 valence electrons. The smallest absolute Gasteiger partial charge is 0.326 e. The van der Waals surface area contributed by atoms with E-state index in [0.29, 0.717) is 24.8 Å². The molecule has 0 aliphatic carbocycles. The Balaban J connectivity index is 2.22. The lowest BCUT2D eigenvalue weighted by molar-refractivity contribution is -0.143. The van der Waals surface area contributed by atoms with E-state index in [1.165, 1.54) is 36.1 Å². The molecule has 1 aliphatic rings. The molecule has 7 atom stereocenters. The summed E-state index contributed by atoms with van der Waals surface area (Å²) in [6.07, 6.45) is -0.501. The second-order valence-electron chi connectivity index (χ2n) is 11.2. The van der Waals surface area contributed by atoms with Crippen molar-refractivity contribution in [2.45, 2.75) is 95.6 Å². The van der Waals surface area contributed by atoms with Gasteiger partial charge in [0.15, 0.2) is 0 Å². The van der Waals surface area contributed by atoms with Crippen LogP contribution in [0.2, 0.25) is 0 Å². The van der Waals surface area contributed by atoms with Crippen LogP contribution in [0.15, 0.2) is 24.3 Å². The van der Waals surface area contributed by atoms with Crippen LogP contribution in [0.25, 0.3) is 0 Å². The van der Waals surface area contributed by atoms with Crippen molar-refractivity contribution in [1.82, 2.24) is 20.9 Å². The fourth-order valence-electron chi connectivity index (χ4n) is 4.81. The normalized spacial score (nSPS) is 18.7. The van der Waals surface area contributed by atoms with Crippen molar-refractivity contribution < 1.29 is 44.1 Å². The van der Waals surface area contributed by atoms with E-state index in [2.05, 4.69) is 16.0 Å². The Morgan fingerprint density at radius 2 is 1.61 bits per heavy atom. The summed E-state index contributed by atoms with van der Waals surface area (Å²) in [5.74, 6) is -5.36. The largest absolute Gasteiger partial charge is 0.508 e. The lowest BCUT2D eigenvalue weighted by Crippen LogP contribution is -2.60. The molecule has 44 heavy (non-hydrogen) atoms. The lowest BCUT2D eigenvalue weighted by Gasteiger charge is -2.31. The number of phenolic OH excluding ortho intramolecular Hbond substituents is 1. The first-order valence-corrected chi connectivity index (χ1v) is 14.6. The number of aliphatic hydroxyl groups is 1. The molecule has 1 aromatic carbocycles. The number of carbonyl (C=O) groups excluding carboxylic acids is 5. The molecule has 0 spiro atoms. The van der Waals surface area contributed by atoms with Crippen LogP contribution in [0.4, 0.5) is 0 Å². The minimum absolute atomic E-state index is 0.0163. The molecule has 0 radical (unpaired) electrons. The van der Waals surface area contributed by atoms with Crippen LogP contribution in [0, 0.1) is 5.92 Å². The number of nitrogens with one attached hydrogen (secondary N) is 3. The van der Waals surface area contributed by atoms with E-state index in [9.17, 15) is 44.1 Å². The van der Waals surface area contributed by atoms with E-state index in [4.69, 9.17) is 11.5 Å². The fraction of sp³-hybridized carbons (Fsp3) is 0.586. The topological polar surface area (TPSA) is 254 Å². The molecular weight excluding hydrogens is 576 g/mol. The minimum Gasteiger partial charge on any atom is -0.508 e. The van der Waals surface area contributed by atoms with Crippen molar-refractivity contribution in [3.8, 4) is 5.75 Å². The third-order valence-corrected chi connectivity index (χ3v) is 7.74. The zero-order chi connectivity index (χ0) is 33.1. The van der Waals surface area contributed by atoms with Crippen molar-refractivity contribution >= 4 is 35.5 Å². The third-order valence-electron chi connectivity index (χ3n) is 7.74. The predicted molar refractivity (Wildman–Crippen MR) is 158 cm³/mol. The second-order valence-corrected chi connectivity index (χ2v) is 11.2. The molecule has 1 aliphatic heterocycles. The Labute approximate surface area is 255 Å². The number of aliphatic carboxylic acids is 1. The molecule has 1 heterocycles. The number of nitrogens with zero attached hydrogens (tertiary/aromatic N) is 1. The van der Waals surface area contributed by atoms with Crippen LogP contribution in [0.3, 0.4) is 0 Å². The average Bonchev–Trinajstić information content (AvgIpc) is 3.47. The van der Waals surface area contributed by atoms with Crippen LogP contribution in [-0.2, 0) is 35.2 Å². The molecule has 0 unspecified atom stereocenters. The van der Waals surface area contributed by atoms with E-state index in [1.54, 1.807) is 13.8 Å². The first kappa shape index (κ1) is 36.0. The number of carboxylic acid groups (broad SMARTS) is 1. The summed E-state index contributed by atoms with van der Waals surface area (Å²) in [4.78, 5) is 77.6. The Morgan fingerprint density at radius 1 is 1.00 bits per heavy atom. The number of hydrogen-bond donors (Lipinski definition) is 8. The number of phenols is 1. The molecule has 5 amide bonds. The highest BCUT2D eigenvalue weighted by atomic mass is 16.4. The first-order valence-electron chi connectivity index (χ1n) is 14.6. The average molecular weight is 621 g/mol. The summed E-state index contributed by atoms with van der Waals surface area (Å²) in [7, 11) is 0. The molecular formula is C29H44N6O9. The summed E-state index contributed by atoms with van der Waals surface area (Å²) >= 11 is 0. The summed E-state index contributed by atoms with van der Waals surface area (Å²) in [5.41, 5.74) is 11.6. The number of likely N-dealkylation sites (tertiary alicyclic amines) is 1. The van der Waals surface area contributed by atoms with Gasteiger partial charge in [-0.25, -0.2) is 4.79 Å². The molecule has 1 aromatic rings. The monoisotopic (exact) mass is 620 g/mol. The zero-order valence-electron chi connectivity index (χ0n) is 25.2. The van der Waals surface area contributed by atoms with E-state index < -0.39 is 77.7 Å². The van der Waals surface area contributed by atoms with Crippen LogP contribution in [0.5, 0.6) is 5.75 Å². The molecule has 15 heteroatoms. The number of carboxylic acids is 1. The highest BCUT2D eigenvalue weighted by molar-refractivity contribution is 5.96. The number of amides is 5. The Morgan fingerprint density at radius 3 is 2.16 bits per heavy atom. The summed E-state index contributed by atoms with van der Waals surface area (Å²) in [5, 5.41) is 36.5. The molecule has 10 N–H and O–H groups in total. The molecule has 2 rings (SSSR count). The van der Waals surface area contributed by atoms with Gasteiger partial charge in [-0.15, -0.1) is 0 Å². The van der Waals surface area contributed by atoms with Gasteiger partial charge in [0.2, 0.25) is 29.5 Å². The number of aliphatic hydroxyl groups excluding tert-OH is 1. The van der Waals surface area contributed by atoms with Gasteiger partial charge in [-0.3, -0.25) is 24.0 Å². The van der Waals surface area contributed by atoms with Gasteiger partial charge in [0.05, 0.1) is 6.10 Å². The lowest BCUT2D eigenvalue weighted by atomic mass is 9.96. The summed E-state index contributed by atoms with van der Waals surface area (Å²) in [6.45, 7) is 5.12. The number of carbonyl (C=O) groups is 6. The Hall–Kier alpha value is -4.24. The highest BCUT2D eigenvalue weighted by Crippen LogP contribution is 2.20. The van der Waals surface area contributed by atoms with Gasteiger partial charge in [-0.1, -0.05) is 32.4 Å². The third kappa shape index (κ3) is 10.2. The number of hydrogen-bond acceptors (Lipinski definition) is 9. The van der Waals surface area contributed by atoms with Crippen molar-refractivity contribution in [2.24, 2.45) is 17.4 Å². The predicted octanol–water partition coefficient (Wildman–Crippen LogP) is -1.52. The molecule has 15 nitrogen and oxygen atoms in total. The van der Waals surface area contributed by atoms with Crippen LogP contribution in [0.1, 0.15) is 58.4 Å². The van der Waals surface area contributed by atoms with Gasteiger partial charge in [-0.2, -0.15) is 0 Å². The van der Waals surface area contributed by atoms with Gasteiger partial charge in [0, 0.05) is 19.4 Å². The van der Waals surface area contributed by atoms with Crippen molar-refractivity contribution in [3.63, 3.8) is 0 Å². The van der Waals surface area contributed by atoms with Gasteiger partial charge in [0.25, 0.3) is 0 Å². The SMILES string of the molecule is CC[C@H](C)[C@H](NC(=O)[C@@H]1CCCN1C(=O)[C@@H](N)[C@@H](C)O)C(=O)N[C@@H](CCC(N)=O)C(=O)N[C@@H](Cc1ccc(O)cc1)C(=O)O. The standard InChI is InChI=1S/C29H44N6O9/c1-4-15(2)24(34-26(40)21-6-5-13-35(21)28(42)23(31)16(3)36)27(41)32-19(11-12-22(30)38)25(39)33-20(29(43)44)14-17-7-9-18(37)10-8-17/h7-10,15-16,19-21,23-24,36-37H,4-6,11-14,31H2,1-3H3,(H2,30,38)(H,32,41)(H,33,39)(H,34,40)(H,43,44)/t15-,16+,19-,20-,21-,23-,24-/m0/s1. The number of aromatic hydroxyl groups is 1. The number of nitrogens with two attached hydrogens (primary N) is 2. The van der Waals surface area contributed by atoms with Gasteiger partial charge >= 0.3 is 5.97 Å². The maximum Gasteiger partial charge on any atom is 0.326 e. The number of rotatable bonds is 16. The maximum absolute atomic E-state index is 13.5.